The molecule has 1 aromatic carbocycles. The predicted octanol–water partition coefficient (Wildman–Crippen LogP) is 4.60. The van der Waals surface area contributed by atoms with Crippen LogP contribution in [0.4, 0.5) is 0 Å². The number of rotatable bonds is 6. The van der Waals surface area contributed by atoms with Gasteiger partial charge in [0, 0.05) is 28.1 Å². The maximum absolute atomic E-state index is 6.41. The van der Waals surface area contributed by atoms with Crippen LogP contribution >= 0.6 is 22.9 Å². The van der Waals surface area contributed by atoms with E-state index in [0.29, 0.717) is 6.10 Å². The Hall–Kier alpha value is -0.610. The summed E-state index contributed by atoms with van der Waals surface area (Å²) in [5.74, 6) is 0. The van der Waals surface area contributed by atoms with Gasteiger partial charge in [0.25, 0.3) is 0 Å². The third-order valence-corrected chi connectivity index (χ3v) is 5.54. The molecule has 1 aliphatic carbocycles. The van der Waals surface area contributed by atoms with Crippen molar-refractivity contribution >= 4 is 33.0 Å². The molecule has 20 heavy (non-hydrogen) atoms. The first-order chi connectivity index (χ1) is 9.84. The molecule has 108 valence electrons. The van der Waals surface area contributed by atoms with Crippen molar-refractivity contribution in [2.24, 2.45) is 0 Å². The molecule has 1 saturated carbocycles. The lowest BCUT2D eigenvalue weighted by Crippen LogP contribution is -2.21. The summed E-state index contributed by atoms with van der Waals surface area (Å²) >= 11 is 8.18. The summed E-state index contributed by atoms with van der Waals surface area (Å²) in [7, 11) is 0. The van der Waals surface area contributed by atoms with Crippen LogP contribution in [0.1, 0.15) is 30.6 Å². The smallest absolute Gasteiger partial charge is 0.0636 e. The van der Waals surface area contributed by atoms with Gasteiger partial charge >= 0.3 is 0 Å². The summed E-state index contributed by atoms with van der Waals surface area (Å²) in [6.45, 7) is 2.51. The first-order valence-corrected chi connectivity index (χ1v) is 8.52. The van der Waals surface area contributed by atoms with Crippen LogP contribution in [0.15, 0.2) is 24.3 Å². The van der Waals surface area contributed by atoms with Gasteiger partial charge in [-0.2, -0.15) is 0 Å². The summed E-state index contributed by atoms with van der Waals surface area (Å²) in [5, 5.41) is 5.49. The van der Waals surface area contributed by atoms with Crippen LogP contribution in [0.3, 0.4) is 0 Å². The molecule has 0 saturated heterocycles. The molecule has 1 fully saturated rings. The number of ether oxygens (including phenoxy) is 1. The second-order valence-electron chi connectivity index (χ2n) is 5.29. The van der Waals surface area contributed by atoms with Gasteiger partial charge in [-0.3, -0.25) is 0 Å². The molecule has 0 unspecified atom stereocenters. The average Bonchev–Trinajstić information content (AvgIpc) is 3.08. The van der Waals surface area contributed by atoms with E-state index in [-0.39, 0.29) is 0 Å². The molecule has 0 bridgehead atoms. The largest absolute Gasteiger partial charge is 0.377 e. The lowest BCUT2D eigenvalue weighted by atomic mass is 10.2. The summed E-state index contributed by atoms with van der Waals surface area (Å²) in [4.78, 5) is 1.22. The molecule has 0 atom stereocenters. The van der Waals surface area contributed by atoms with Crippen molar-refractivity contribution in [3.05, 3.63) is 34.2 Å². The average molecular weight is 310 g/mol. The molecule has 0 radical (unpaired) electrons. The van der Waals surface area contributed by atoms with Crippen LogP contribution in [-0.4, -0.2) is 19.3 Å². The fourth-order valence-electron chi connectivity index (χ4n) is 2.73. The van der Waals surface area contributed by atoms with Crippen LogP contribution in [0.2, 0.25) is 5.02 Å². The zero-order chi connectivity index (χ0) is 13.8. The first-order valence-electron chi connectivity index (χ1n) is 7.33. The second-order valence-corrected chi connectivity index (χ2v) is 6.80. The third-order valence-electron chi connectivity index (χ3n) is 3.82. The number of hydrogen-bond donors (Lipinski definition) is 1. The van der Waals surface area contributed by atoms with Gasteiger partial charge in [-0.25, -0.2) is 0 Å². The van der Waals surface area contributed by atoms with Crippen molar-refractivity contribution in [2.75, 3.05) is 13.2 Å². The van der Waals surface area contributed by atoms with Crippen LogP contribution in [0, 0.1) is 0 Å². The molecule has 1 heterocycles. The van der Waals surface area contributed by atoms with Gasteiger partial charge in [-0.05, 0) is 18.9 Å². The fourth-order valence-corrected chi connectivity index (χ4v) is 4.20. The molecule has 4 heteroatoms. The van der Waals surface area contributed by atoms with E-state index < -0.39 is 0 Å². The normalized spacial score (nSPS) is 16.2. The molecule has 2 nitrogen and oxygen atoms in total. The van der Waals surface area contributed by atoms with Crippen molar-refractivity contribution in [1.82, 2.24) is 5.32 Å². The SMILES string of the molecule is Clc1c(CNCCOC2CCCC2)sc2ccccc12. The standard InChI is InChI=1S/C16H20ClNOS/c17-16-13-7-3-4-8-14(13)20-15(16)11-18-9-10-19-12-5-1-2-6-12/h3-4,7-8,12,18H,1-2,5-6,9-11H2. The fraction of sp³-hybridized carbons (Fsp3) is 0.500. The van der Waals surface area contributed by atoms with E-state index >= 15 is 0 Å². The van der Waals surface area contributed by atoms with Gasteiger partial charge in [0.1, 0.15) is 0 Å². The summed E-state index contributed by atoms with van der Waals surface area (Å²) in [6, 6.07) is 8.30. The summed E-state index contributed by atoms with van der Waals surface area (Å²) in [5.41, 5.74) is 0. The summed E-state index contributed by atoms with van der Waals surface area (Å²) < 4.78 is 7.10. The Morgan fingerprint density at radius 3 is 2.85 bits per heavy atom. The van der Waals surface area contributed by atoms with Gasteiger partial charge in [-0.15, -0.1) is 11.3 Å². The Labute approximate surface area is 129 Å². The number of halogens is 1. The van der Waals surface area contributed by atoms with E-state index in [9.17, 15) is 0 Å². The number of fused-ring (bicyclic) bond motifs is 1. The zero-order valence-corrected chi connectivity index (χ0v) is 13.1. The van der Waals surface area contributed by atoms with Gasteiger partial charge < -0.3 is 10.1 Å². The van der Waals surface area contributed by atoms with Crippen molar-refractivity contribution in [1.29, 1.82) is 0 Å². The van der Waals surface area contributed by atoms with Crippen LogP contribution in [0.5, 0.6) is 0 Å². The maximum atomic E-state index is 6.41. The molecule has 0 spiro atoms. The van der Waals surface area contributed by atoms with E-state index in [1.165, 1.54) is 35.3 Å². The summed E-state index contributed by atoms with van der Waals surface area (Å²) in [6.07, 6.45) is 5.64. The molecule has 2 aromatic rings. The van der Waals surface area contributed by atoms with Gasteiger partial charge in [0.05, 0.1) is 17.7 Å². The lowest BCUT2D eigenvalue weighted by molar-refractivity contribution is 0.0603. The molecule has 1 N–H and O–H groups in total. The van der Waals surface area contributed by atoms with Crippen LogP contribution in [-0.2, 0) is 11.3 Å². The molecular formula is C16H20ClNOS. The highest BCUT2D eigenvalue weighted by Crippen LogP contribution is 2.34. The number of thiophene rings is 1. The molecule has 0 aliphatic heterocycles. The maximum Gasteiger partial charge on any atom is 0.0636 e. The van der Waals surface area contributed by atoms with Gasteiger partial charge in [0.2, 0.25) is 0 Å². The first kappa shape index (κ1) is 14.3. The highest BCUT2D eigenvalue weighted by molar-refractivity contribution is 7.19. The monoisotopic (exact) mass is 309 g/mol. The lowest BCUT2D eigenvalue weighted by Gasteiger charge is -2.11. The van der Waals surface area contributed by atoms with Crippen LogP contribution < -0.4 is 5.32 Å². The molecule has 3 rings (SSSR count). The van der Waals surface area contributed by atoms with E-state index in [1.54, 1.807) is 11.3 Å². The van der Waals surface area contributed by atoms with E-state index in [4.69, 9.17) is 16.3 Å². The Morgan fingerprint density at radius 1 is 1.25 bits per heavy atom. The van der Waals surface area contributed by atoms with Gasteiger partial charge in [0.15, 0.2) is 0 Å². The molecular weight excluding hydrogens is 290 g/mol. The quantitative estimate of drug-likeness (QED) is 0.787. The topological polar surface area (TPSA) is 21.3 Å². The van der Waals surface area contributed by atoms with E-state index in [0.717, 1.165) is 30.1 Å². The highest BCUT2D eigenvalue weighted by atomic mass is 35.5. The Bertz CT molecular complexity index is 563. The molecule has 1 aromatic heterocycles. The van der Waals surface area contributed by atoms with Crippen LogP contribution in [0.25, 0.3) is 10.1 Å². The Balaban J connectivity index is 1.46. The third kappa shape index (κ3) is 3.34. The number of benzene rings is 1. The van der Waals surface area contributed by atoms with Crippen molar-refractivity contribution in [3.63, 3.8) is 0 Å². The Morgan fingerprint density at radius 2 is 2.05 bits per heavy atom. The van der Waals surface area contributed by atoms with Gasteiger partial charge in [-0.1, -0.05) is 42.6 Å². The minimum absolute atomic E-state index is 0.504. The number of nitrogens with one attached hydrogen (secondary N) is 1. The van der Waals surface area contributed by atoms with E-state index in [2.05, 4.69) is 23.5 Å². The Kier molecular flexibility index (Phi) is 4.94. The minimum atomic E-state index is 0.504. The predicted molar refractivity (Wildman–Crippen MR) is 86.7 cm³/mol. The van der Waals surface area contributed by atoms with Crippen molar-refractivity contribution in [3.8, 4) is 0 Å². The minimum Gasteiger partial charge on any atom is -0.377 e. The molecule has 1 aliphatic rings. The zero-order valence-electron chi connectivity index (χ0n) is 11.5. The highest BCUT2D eigenvalue weighted by Gasteiger charge is 2.14. The second kappa shape index (κ2) is 6.90. The molecule has 0 amide bonds. The van der Waals surface area contributed by atoms with E-state index in [1.807, 2.05) is 6.07 Å². The number of hydrogen-bond acceptors (Lipinski definition) is 3. The van der Waals surface area contributed by atoms with Crippen molar-refractivity contribution < 1.29 is 4.74 Å². The van der Waals surface area contributed by atoms with Crippen molar-refractivity contribution in [2.45, 2.75) is 38.3 Å².